The Bertz CT molecular complexity index is 726. The number of thioether (sulfide) groups is 1. The standard InChI is InChI=1S/C17H18N4S2/c1-13-21-16(12-22-13)10-18-7-15-8-19-17(20-9-15)23-11-14-5-3-2-4-6-14/h2-6,8-9,12,18H,7,10-11H2,1H3. The number of hydrogen-bond donors (Lipinski definition) is 1. The average molecular weight is 342 g/mol. The third-order valence-corrected chi connectivity index (χ3v) is 4.96. The van der Waals surface area contributed by atoms with Crippen molar-refractivity contribution < 1.29 is 0 Å². The Morgan fingerprint density at radius 1 is 1.04 bits per heavy atom. The van der Waals surface area contributed by atoms with Gasteiger partial charge in [0.1, 0.15) is 0 Å². The van der Waals surface area contributed by atoms with Crippen molar-refractivity contribution in [3.63, 3.8) is 0 Å². The monoisotopic (exact) mass is 342 g/mol. The van der Waals surface area contributed by atoms with E-state index in [2.05, 4.69) is 49.9 Å². The minimum Gasteiger partial charge on any atom is -0.307 e. The van der Waals surface area contributed by atoms with Gasteiger partial charge in [0.25, 0.3) is 0 Å². The fourth-order valence-electron chi connectivity index (χ4n) is 2.06. The Hall–Kier alpha value is -1.76. The van der Waals surface area contributed by atoms with E-state index in [9.17, 15) is 0 Å². The number of benzene rings is 1. The van der Waals surface area contributed by atoms with Crippen molar-refractivity contribution in [2.24, 2.45) is 0 Å². The van der Waals surface area contributed by atoms with Crippen LogP contribution in [0, 0.1) is 6.92 Å². The smallest absolute Gasteiger partial charge is 0.187 e. The summed E-state index contributed by atoms with van der Waals surface area (Å²) < 4.78 is 0. The molecule has 0 aliphatic carbocycles. The third-order valence-electron chi connectivity index (χ3n) is 3.19. The molecular formula is C17H18N4S2. The molecule has 1 aromatic carbocycles. The zero-order valence-corrected chi connectivity index (χ0v) is 14.5. The normalized spacial score (nSPS) is 10.8. The van der Waals surface area contributed by atoms with Crippen molar-refractivity contribution in [1.29, 1.82) is 0 Å². The molecule has 0 saturated carbocycles. The summed E-state index contributed by atoms with van der Waals surface area (Å²) in [5, 5.41) is 7.37. The van der Waals surface area contributed by atoms with Gasteiger partial charge in [-0.2, -0.15) is 0 Å². The second-order valence-electron chi connectivity index (χ2n) is 5.11. The van der Waals surface area contributed by atoms with E-state index in [0.717, 1.165) is 40.3 Å². The van der Waals surface area contributed by atoms with Gasteiger partial charge >= 0.3 is 0 Å². The molecule has 6 heteroatoms. The van der Waals surface area contributed by atoms with E-state index in [4.69, 9.17) is 0 Å². The van der Waals surface area contributed by atoms with Crippen LogP contribution in [0.15, 0.2) is 53.3 Å². The summed E-state index contributed by atoms with van der Waals surface area (Å²) in [5.74, 6) is 0.890. The predicted molar refractivity (Wildman–Crippen MR) is 95.4 cm³/mol. The van der Waals surface area contributed by atoms with E-state index < -0.39 is 0 Å². The van der Waals surface area contributed by atoms with Crippen LogP contribution in [-0.4, -0.2) is 15.0 Å². The molecule has 0 amide bonds. The summed E-state index contributed by atoms with van der Waals surface area (Å²) >= 11 is 3.33. The van der Waals surface area contributed by atoms with Crippen LogP contribution in [0.4, 0.5) is 0 Å². The van der Waals surface area contributed by atoms with Gasteiger partial charge in [-0.3, -0.25) is 0 Å². The molecule has 0 radical (unpaired) electrons. The Balaban J connectivity index is 1.45. The highest BCUT2D eigenvalue weighted by Gasteiger charge is 2.01. The van der Waals surface area contributed by atoms with Crippen molar-refractivity contribution >= 4 is 23.1 Å². The lowest BCUT2D eigenvalue weighted by Crippen LogP contribution is -2.13. The molecule has 0 atom stereocenters. The Kier molecular flexibility index (Phi) is 5.74. The van der Waals surface area contributed by atoms with Crippen LogP contribution in [-0.2, 0) is 18.8 Å². The van der Waals surface area contributed by atoms with Crippen LogP contribution in [0.5, 0.6) is 0 Å². The van der Waals surface area contributed by atoms with E-state index in [1.165, 1.54) is 5.56 Å². The van der Waals surface area contributed by atoms with Crippen LogP contribution in [0.1, 0.15) is 21.8 Å². The number of nitrogens with zero attached hydrogens (tertiary/aromatic N) is 3. The van der Waals surface area contributed by atoms with Gasteiger partial charge < -0.3 is 5.32 Å². The second kappa shape index (κ2) is 8.19. The number of thiazole rings is 1. The van der Waals surface area contributed by atoms with Gasteiger partial charge in [-0.1, -0.05) is 42.1 Å². The molecule has 0 fully saturated rings. The number of hydrogen-bond acceptors (Lipinski definition) is 6. The quantitative estimate of drug-likeness (QED) is 0.522. The molecule has 4 nitrogen and oxygen atoms in total. The molecule has 0 spiro atoms. The maximum Gasteiger partial charge on any atom is 0.187 e. The van der Waals surface area contributed by atoms with Crippen LogP contribution in [0.3, 0.4) is 0 Å². The highest BCUT2D eigenvalue weighted by molar-refractivity contribution is 7.98. The molecule has 3 rings (SSSR count). The fraction of sp³-hybridized carbons (Fsp3) is 0.235. The van der Waals surface area contributed by atoms with Gasteiger partial charge in [0.05, 0.1) is 10.7 Å². The number of rotatable bonds is 7. The van der Waals surface area contributed by atoms with Crippen molar-refractivity contribution in [3.05, 3.63) is 69.9 Å². The second-order valence-corrected chi connectivity index (χ2v) is 7.11. The molecule has 1 N–H and O–H groups in total. The van der Waals surface area contributed by atoms with Gasteiger partial charge in [-0.05, 0) is 12.5 Å². The van der Waals surface area contributed by atoms with Gasteiger partial charge in [-0.25, -0.2) is 15.0 Å². The molecule has 0 saturated heterocycles. The lowest BCUT2D eigenvalue weighted by Gasteiger charge is -2.04. The maximum absolute atomic E-state index is 4.43. The highest BCUT2D eigenvalue weighted by atomic mass is 32.2. The molecule has 118 valence electrons. The summed E-state index contributed by atoms with van der Waals surface area (Å²) in [4.78, 5) is 13.3. The van der Waals surface area contributed by atoms with E-state index >= 15 is 0 Å². The first-order valence-electron chi connectivity index (χ1n) is 7.39. The minimum atomic E-state index is 0.750. The Morgan fingerprint density at radius 2 is 1.83 bits per heavy atom. The van der Waals surface area contributed by atoms with Gasteiger partial charge in [0, 0.05) is 42.2 Å². The lowest BCUT2D eigenvalue weighted by atomic mass is 10.2. The van der Waals surface area contributed by atoms with Crippen LogP contribution in [0.2, 0.25) is 0 Å². The first-order chi connectivity index (χ1) is 11.3. The Morgan fingerprint density at radius 3 is 2.52 bits per heavy atom. The minimum absolute atomic E-state index is 0.750. The van der Waals surface area contributed by atoms with E-state index in [1.807, 2.05) is 25.4 Å². The molecule has 3 aromatic rings. The molecule has 0 unspecified atom stereocenters. The molecule has 0 aliphatic heterocycles. The molecular weight excluding hydrogens is 324 g/mol. The van der Waals surface area contributed by atoms with Crippen molar-refractivity contribution in [3.8, 4) is 0 Å². The zero-order chi connectivity index (χ0) is 15.9. The highest BCUT2D eigenvalue weighted by Crippen LogP contribution is 2.18. The summed E-state index contributed by atoms with van der Waals surface area (Å²) in [5.41, 5.74) is 3.45. The third kappa shape index (κ3) is 5.13. The molecule has 0 aliphatic rings. The predicted octanol–water partition coefficient (Wildman–Crippen LogP) is 3.82. The average Bonchev–Trinajstić information content (AvgIpc) is 3.00. The van der Waals surface area contributed by atoms with Crippen LogP contribution < -0.4 is 5.32 Å². The van der Waals surface area contributed by atoms with E-state index in [0.29, 0.717) is 0 Å². The maximum atomic E-state index is 4.43. The molecule has 0 bridgehead atoms. The van der Waals surface area contributed by atoms with Crippen molar-refractivity contribution in [2.45, 2.75) is 30.9 Å². The summed E-state index contributed by atoms with van der Waals surface area (Å²) in [6.07, 6.45) is 3.78. The Labute approximate surface area is 144 Å². The zero-order valence-electron chi connectivity index (χ0n) is 12.9. The molecule has 23 heavy (non-hydrogen) atoms. The van der Waals surface area contributed by atoms with Crippen LogP contribution in [0.25, 0.3) is 0 Å². The number of aryl methyl sites for hydroxylation is 1. The molecule has 2 aromatic heterocycles. The summed E-state index contributed by atoms with van der Waals surface area (Å²) in [6, 6.07) is 10.4. The SMILES string of the molecule is Cc1nc(CNCc2cnc(SCc3ccccc3)nc2)cs1. The largest absolute Gasteiger partial charge is 0.307 e. The summed E-state index contributed by atoms with van der Waals surface area (Å²) in [7, 11) is 0. The van der Waals surface area contributed by atoms with Crippen LogP contribution >= 0.6 is 23.1 Å². The topological polar surface area (TPSA) is 50.7 Å². The van der Waals surface area contributed by atoms with E-state index in [1.54, 1.807) is 23.1 Å². The van der Waals surface area contributed by atoms with Gasteiger partial charge in [0.2, 0.25) is 0 Å². The first kappa shape index (κ1) is 16.1. The molecule has 2 heterocycles. The van der Waals surface area contributed by atoms with Gasteiger partial charge in [0.15, 0.2) is 5.16 Å². The number of aromatic nitrogens is 3. The summed E-state index contributed by atoms with van der Waals surface area (Å²) in [6.45, 7) is 3.54. The fourth-order valence-corrected chi connectivity index (χ4v) is 3.41. The van der Waals surface area contributed by atoms with Crippen molar-refractivity contribution in [2.75, 3.05) is 0 Å². The first-order valence-corrected chi connectivity index (χ1v) is 9.25. The van der Waals surface area contributed by atoms with Gasteiger partial charge in [-0.15, -0.1) is 11.3 Å². The number of nitrogens with one attached hydrogen (secondary N) is 1. The lowest BCUT2D eigenvalue weighted by molar-refractivity contribution is 0.674. The van der Waals surface area contributed by atoms with Crippen molar-refractivity contribution in [1.82, 2.24) is 20.3 Å². The van der Waals surface area contributed by atoms with E-state index in [-0.39, 0.29) is 0 Å².